The lowest BCUT2D eigenvalue weighted by molar-refractivity contribution is 0.585. The van der Waals surface area contributed by atoms with Crippen LogP contribution in [-0.2, 0) is 12.5 Å². The summed E-state index contributed by atoms with van der Waals surface area (Å²) in [5, 5.41) is 0.603. The van der Waals surface area contributed by atoms with E-state index in [2.05, 4.69) is 4.98 Å². The zero-order chi connectivity index (χ0) is 12.1. The molecule has 2 heterocycles. The summed E-state index contributed by atoms with van der Waals surface area (Å²) in [6.45, 7) is 6.13. The van der Waals surface area contributed by atoms with Crippen LogP contribution in [-0.4, -0.2) is 9.55 Å². The van der Waals surface area contributed by atoms with E-state index in [4.69, 9.17) is 11.6 Å². The third-order valence-corrected chi connectivity index (χ3v) is 2.95. The van der Waals surface area contributed by atoms with Gasteiger partial charge in [-0.25, -0.2) is 9.37 Å². The number of hydrogen-bond donors (Lipinski definition) is 0. The van der Waals surface area contributed by atoms with Gasteiger partial charge in [0.1, 0.15) is 5.65 Å². The van der Waals surface area contributed by atoms with Gasteiger partial charge in [-0.1, -0.05) is 32.4 Å². The highest BCUT2D eigenvalue weighted by molar-refractivity contribution is 6.31. The van der Waals surface area contributed by atoms with Gasteiger partial charge in [-0.05, 0) is 11.0 Å². The SMILES string of the molecule is Cn1cc(C(C)(C)C)c2c(F)c(Cl)cnc21. The van der Waals surface area contributed by atoms with E-state index in [9.17, 15) is 4.39 Å². The standard InChI is InChI=1S/C12H14ClFN2/c1-12(2,3)7-6-16(4)11-9(7)10(14)8(13)5-15-11/h5-6H,1-4H3. The molecule has 0 spiro atoms. The van der Waals surface area contributed by atoms with Crippen molar-refractivity contribution >= 4 is 22.6 Å². The first-order chi connectivity index (χ1) is 7.32. The second-order valence-corrected chi connectivity index (χ2v) is 5.43. The number of aryl methyl sites for hydroxylation is 1. The van der Waals surface area contributed by atoms with Gasteiger partial charge in [-0.15, -0.1) is 0 Å². The number of rotatable bonds is 0. The number of aromatic nitrogens is 2. The van der Waals surface area contributed by atoms with Crippen molar-refractivity contribution in [1.82, 2.24) is 9.55 Å². The lowest BCUT2D eigenvalue weighted by Gasteiger charge is -2.17. The molecule has 0 aliphatic rings. The Kier molecular flexibility index (Phi) is 2.46. The van der Waals surface area contributed by atoms with Gasteiger partial charge < -0.3 is 4.57 Å². The fourth-order valence-corrected chi connectivity index (χ4v) is 1.99. The van der Waals surface area contributed by atoms with Gasteiger partial charge in [0, 0.05) is 13.2 Å². The van der Waals surface area contributed by atoms with Crippen molar-refractivity contribution in [3.05, 3.63) is 28.8 Å². The molecule has 0 radical (unpaired) electrons. The lowest BCUT2D eigenvalue weighted by atomic mass is 9.87. The minimum absolute atomic E-state index is 0.0733. The van der Waals surface area contributed by atoms with E-state index < -0.39 is 0 Å². The van der Waals surface area contributed by atoms with Gasteiger partial charge >= 0.3 is 0 Å². The largest absolute Gasteiger partial charge is 0.335 e. The highest BCUT2D eigenvalue weighted by atomic mass is 35.5. The Morgan fingerprint density at radius 2 is 2.00 bits per heavy atom. The molecule has 0 saturated carbocycles. The summed E-state index contributed by atoms with van der Waals surface area (Å²) in [5.41, 5.74) is 1.43. The first-order valence-corrected chi connectivity index (χ1v) is 5.49. The Morgan fingerprint density at radius 3 is 2.56 bits per heavy atom. The van der Waals surface area contributed by atoms with E-state index in [0.29, 0.717) is 11.0 Å². The normalized spacial score (nSPS) is 12.4. The molecule has 0 bridgehead atoms. The van der Waals surface area contributed by atoms with Gasteiger partial charge in [0.15, 0.2) is 5.82 Å². The van der Waals surface area contributed by atoms with Crippen LogP contribution in [0.2, 0.25) is 5.02 Å². The molecule has 0 N–H and O–H groups in total. The highest BCUT2D eigenvalue weighted by Crippen LogP contribution is 2.34. The van der Waals surface area contributed by atoms with Crippen LogP contribution >= 0.6 is 11.6 Å². The molecule has 2 aromatic rings. The summed E-state index contributed by atoms with van der Waals surface area (Å²) >= 11 is 5.77. The fourth-order valence-electron chi connectivity index (χ4n) is 1.85. The zero-order valence-corrected chi connectivity index (χ0v) is 10.6. The van der Waals surface area contributed by atoms with E-state index in [-0.39, 0.29) is 16.3 Å². The first-order valence-electron chi connectivity index (χ1n) is 5.12. The molecule has 0 aromatic carbocycles. The molecule has 2 aromatic heterocycles. The molecule has 2 nitrogen and oxygen atoms in total. The molecule has 0 saturated heterocycles. The molecule has 16 heavy (non-hydrogen) atoms. The van der Waals surface area contributed by atoms with E-state index in [1.54, 1.807) is 0 Å². The van der Waals surface area contributed by atoms with E-state index >= 15 is 0 Å². The molecule has 86 valence electrons. The first kappa shape index (κ1) is 11.4. The average molecular weight is 241 g/mol. The summed E-state index contributed by atoms with van der Waals surface area (Å²) in [5.74, 6) is -0.378. The predicted octanol–water partition coefficient (Wildman–Crippen LogP) is 3.66. The maximum atomic E-state index is 14.0. The Balaban J connectivity index is 2.92. The smallest absolute Gasteiger partial charge is 0.154 e. The van der Waals surface area contributed by atoms with E-state index in [1.807, 2.05) is 38.6 Å². The van der Waals surface area contributed by atoms with Crippen LogP contribution in [0, 0.1) is 5.82 Å². The average Bonchev–Trinajstić information content (AvgIpc) is 2.50. The minimum Gasteiger partial charge on any atom is -0.335 e. The Hall–Kier alpha value is -1.09. The Morgan fingerprint density at radius 1 is 1.38 bits per heavy atom. The van der Waals surface area contributed by atoms with Crippen molar-refractivity contribution in [3.8, 4) is 0 Å². The Labute approximate surface area is 99.0 Å². The van der Waals surface area contributed by atoms with Crippen LogP contribution in [0.1, 0.15) is 26.3 Å². The number of nitrogens with zero attached hydrogens (tertiary/aromatic N) is 2. The van der Waals surface area contributed by atoms with Crippen molar-refractivity contribution in [2.75, 3.05) is 0 Å². The third kappa shape index (κ3) is 1.59. The summed E-state index contributed by atoms with van der Waals surface area (Å²) in [6.07, 6.45) is 3.27. The molecular weight excluding hydrogens is 227 g/mol. The maximum Gasteiger partial charge on any atom is 0.154 e. The van der Waals surface area contributed by atoms with Crippen LogP contribution in [0.15, 0.2) is 12.4 Å². The molecule has 0 unspecified atom stereocenters. The number of pyridine rings is 1. The van der Waals surface area contributed by atoms with Crippen molar-refractivity contribution in [2.45, 2.75) is 26.2 Å². The quantitative estimate of drug-likeness (QED) is 0.687. The van der Waals surface area contributed by atoms with Crippen LogP contribution < -0.4 is 0 Å². The molecule has 2 rings (SSSR count). The zero-order valence-electron chi connectivity index (χ0n) is 9.81. The molecular formula is C12H14ClFN2. The lowest BCUT2D eigenvalue weighted by Crippen LogP contribution is -2.10. The van der Waals surface area contributed by atoms with E-state index in [1.165, 1.54) is 6.20 Å². The second-order valence-electron chi connectivity index (χ2n) is 5.02. The van der Waals surface area contributed by atoms with Crippen molar-refractivity contribution in [1.29, 1.82) is 0 Å². The van der Waals surface area contributed by atoms with Gasteiger partial charge in [0.05, 0.1) is 16.6 Å². The van der Waals surface area contributed by atoms with Gasteiger partial charge in [0.25, 0.3) is 0 Å². The van der Waals surface area contributed by atoms with Gasteiger partial charge in [-0.2, -0.15) is 0 Å². The minimum atomic E-state index is -0.378. The molecule has 0 aliphatic heterocycles. The highest BCUT2D eigenvalue weighted by Gasteiger charge is 2.23. The van der Waals surface area contributed by atoms with Gasteiger partial charge in [-0.3, -0.25) is 0 Å². The summed E-state index contributed by atoms with van der Waals surface area (Å²) in [7, 11) is 1.86. The molecule has 0 fully saturated rings. The van der Waals surface area contributed by atoms with Crippen molar-refractivity contribution < 1.29 is 4.39 Å². The predicted molar refractivity (Wildman–Crippen MR) is 64.4 cm³/mol. The van der Waals surface area contributed by atoms with Crippen molar-refractivity contribution in [3.63, 3.8) is 0 Å². The van der Waals surface area contributed by atoms with Crippen LogP contribution in [0.5, 0.6) is 0 Å². The Bertz CT molecular complexity index is 552. The maximum absolute atomic E-state index is 14.0. The molecule has 0 amide bonds. The monoisotopic (exact) mass is 240 g/mol. The fraction of sp³-hybridized carbons (Fsp3) is 0.417. The summed E-state index contributed by atoms with van der Waals surface area (Å²) in [4.78, 5) is 4.17. The number of halogens is 2. The van der Waals surface area contributed by atoms with Crippen LogP contribution in [0.3, 0.4) is 0 Å². The number of fused-ring (bicyclic) bond motifs is 1. The van der Waals surface area contributed by atoms with Crippen LogP contribution in [0.25, 0.3) is 11.0 Å². The topological polar surface area (TPSA) is 17.8 Å². The van der Waals surface area contributed by atoms with Crippen LogP contribution in [0.4, 0.5) is 4.39 Å². The third-order valence-electron chi connectivity index (χ3n) is 2.69. The second kappa shape index (κ2) is 3.45. The van der Waals surface area contributed by atoms with Gasteiger partial charge in [0.2, 0.25) is 0 Å². The molecule has 4 heteroatoms. The molecule has 0 aliphatic carbocycles. The van der Waals surface area contributed by atoms with E-state index in [0.717, 1.165) is 5.56 Å². The summed E-state index contributed by atoms with van der Waals surface area (Å²) in [6, 6.07) is 0. The van der Waals surface area contributed by atoms with Crippen molar-refractivity contribution in [2.24, 2.45) is 7.05 Å². The number of hydrogen-bond acceptors (Lipinski definition) is 1. The molecule has 0 atom stereocenters. The summed E-state index contributed by atoms with van der Waals surface area (Å²) < 4.78 is 15.8.